The van der Waals surface area contributed by atoms with Crippen LogP contribution in [0.25, 0.3) is 0 Å². The Morgan fingerprint density at radius 3 is 2.76 bits per heavy atom. The molecule has 21 heavy (non-hydrogen) atoms. The molecule has 0 radical (unpaired) electrons. The van der Waals surface area contributed by atoms with Gasteiger partial charge in [0.1, 0.15) is 0 Å². The van der Waals surface area contributed by atoms with Crippen molar-refractivity contribution < 1.29 is 4.79 Å². The Balaban J connectivity index is 1.69. The number of benzene rings is 1. The zero-order valence-corrected chi connectivity index (χ0v) is 12.0. The smallest absolute Gasteiger partial charge is 0.319 e. The number of hydrogen-bond acceptors (Lipinski definition) is 4. The summed E-state index contributed by atoms with van der Waals surface area (Å²) < 4.78 is 1.73. The molecule has 0 fully saturated rings. The fraction of sp³-hybridized carbons (Fsp3) is 0.357. The summed E-state index contributed by atoms with van der Waals surface area (Å²) in [5.74, 6) is 0. The monoisotopic (exact) mass is 288 g/mol. The molecular formula is C14H20N6O. The number of carbonyl (C=O) groups is 1. The van der Waals surface area contributed by atoms with Crippen LogP contribution >= 0.6 is 0 Å². The van der Waals surface area contributed by atoms with Crippen molar-refractivity contribution in [3.05, 3.63) is 42.2 Å². The zero-order chi connectivity index (χ0) is 15.1. The molecule has 4 N–H and O–H groups in total. The zero-order valence-electron chi connectivity index (χ0n) is 12.0. The van der Waals surface area contributed by atoms with Crippen LogP contribution in [0.4, 0.5) is 10.5 Å². The van der Waals surface area contributed by atoms with Crippen molar-refractivity contribution in [2.75, 3.05) is 11.9 Å². The van der Waals surface area contributed by atoms with E-state index in [1.54, 1.807) is 17.1 Å². The maximum Gasteiger partial charge on any atom is 0.319 e. The van der Waals surface area contributed by atoms with Crippen molar-refractivity contribution in [3.63, 3.8) is 0 Å². The SMILES string of the molecule is CC(N)c1ccc(NC(=O)NCCCn2ccnn2)cc1. The number of anilines is 1. The highest BCUT2D eigenvalue weighted by Gasteiger charge is 2.03. The molecule has 1 atom stereocenters. The molecule has 0 aliphatic rings. The van der Waals surface area contributed by atoms with Gasteiger partial charge in [-0.1, -0.05) is 17.3 Å². The van der Waals surface area contributed by atoms with E-state index in [1.165, 1.54) is 0 Å². The van der Waals surface area contributed by atoms with Crippen LogP contribution in [0, 0.1) is 0 Å². The van der Waals surface area contributed by atoms with Gasteiger partial charge in [-0.3, -0.25) is 4.68 Å². The van der Waals surface area contributed by atoms with Crippen LogP contribution in [0.15, 0.2) is 36.7 Å². The predicted molar refractivity (Wildman–Crippen MR) is 80.7 cm³/mol. The molecule has 0 saturated heterocycles. The highest BCUT2D eigenvalue weighted by molar-refractivity contribution is 5.89. The van der Waals surface area contributed by atoms with E-state index < -0.39 is 0 Å². The second-order valence-electron chi connectivity index (χ2n) is 4.81. The largest absolute Gasteiger partial charge is 0.338 e. The van der Waals surface area contributed by atoms with Gasteiger partial charge in [-0.15, -0.1) is 5.10 Å². The maximum absolute atomic E-state index is 11.7. The van der Waals surface area contributed by atoms with Gasteiger partial charge in [0, 0.05) is 31.0 Å². The summed E-state index contributed by atoms with van der Waals surface area (Å²) in [5.41, 5.74) is 7.55. The van der Waals surface area contributed by atoms with Gasteiger partial charge in [0.05, 0.1) is 6.20 Å². The molecule has 7 heteroatoms. The second kappa shape index (κ2) is 7.39. The number of urea groups is 1. The summed E-state index contributed by atoms with van der Waals surface area (Å²) in [6.07, 6.45) is 4.21. The number of aryl methyl sites for hydroxylation is 1. The average molecular weight is 288 g/mol. The number of aromatic nitrogens is 3. The van der Waals surface area contributed by atoms with Gasteiger partial charge < -0.3 is 16.4 Å². The van der Waals surface area contributed by atoms with Gasteiger partial charge in [-0.25, -0.2) is 4.79 Å². The van der Waals surface area contributed by atoms with E-state index >= 15 is 0 Å². The van der Waals surface area contributed by atoms with Crippen LogP contribution in [0.1, 0.15) is 24.9 Å². The van der Waals surface area contributed by atoms with Crippen LogP contribution in [0.2, 0.25) is 0 Å². The van der Waals surface area contributed by atoms with Gasteiger partial charge in [-0.2, -0.15) is 0 Å². The normalized spacial score (nSPS) is 11.9. The first kappa shape index (κ1) is 15.0. The molecule has 0 aliphatic heterocycles. The van der Waals surface area contributed by atoms with Crippen molar-refractivity contribution in [2.45, 2.75) is 25.9 Å². The number of rotatable bonds is 6. The Kier molecular flexibility index (Phi) is 5.28. The van der Waals surface area contributed by atoms with Crippen molar-refractivity contribution in [3.8, 4) is 0 Å². The molecule has 1 aromatic carbocycles. The quantitative estimate of drug-likeness (QED) is 0.702. The van der Waals surface area contributed by atoms with Crippen molar-refractivity contribution in [2.24, 2.45) is 5.73 Å². The first-order chi connectivity index (χ1) is 10.1. The molecule has 0 spiro atoms. The summed E-state index contributed by atoms with van der Waals surface area (Å²) in [4.78, 5) is 11.7. The van der Waals surface area contributed by atoms with E-state index in [0.29, 0.717) is 6.54 Å². The summed E-state index contributed by atoms with van der Waals surface area (Å²) in [7, 11) is 0. The Labute approximate surface area is 123 Å². The summed E-state index contributed by atoms with van der Waals surface area (Å²) >= 11 is 0. The van der Waals surface area contributed by atoms with Crippen LogP contribution in [-0.2, 0) is 6.54 Å². The Morgan fingerprint density at radius 2 is 2.14 bits per heavy atom. The number of nitrogens with two attached hydrogens (primary N) is 1. The Hall–Kier alpha value is -2.41. The van der Waals surface area contributed by atoms with E-state index in [2.05, 4.69) is 20.9 Å². The Morgan fingerprint density at radius 1 is 1.38 bits per heavy atom. The molecule has 2 amide bonds. The number of hydrogen-bond donors (Lipinski definition) is 3. The summed E-state index contributed by atoms with van der Waals surface area (Å²) in [6, 6.07) is 7.27. The van der Waals surface area contributed by atoms with Crippen LogP contribution in [0.5, 0.6) is 0 Å². The highest BCUT2D eigenvalue weighted by atomic mass is 16.2. The Bertz CT molecular complexity index is 549. The first-order valence-corrected chi connectivity index (χ1v) is 6.89. The molecule has 7 nitrogen and oxygen atoms in total. The molecular weight excluding hydrogens is 268 g/mol. The van der Waals surface area contributed by atoms with Gasteiger partial charge in [0.15, 0.2) is 0 Å². The third kappa shape index (κ3) is 4.88. The molecule has 112 valence electrons. The van der Waals surface area contributed by atoms with Crippen molar-refractivity contribution in [1.29, 1.82) is 0 Å². The van der Waals surface area contributed by atoms with Crippen LogP contribution in [0.3, 0.4) is 0 Å². The molecule has 0 aliphatic carbocycles. The van der Waals surface area contributed by atoms with E-state index in [1.807, 2.05) is 31.2 Å². The topological polar surface area (TPSA) is 97.9 Å². The van der Waals surface area contributed by atoms with Gasteiger partial charge >= 0.3 is 6.03 Å². The lowest BCUT2D eigenvalue weighted by atomic mass is 10.1. The minimum absolute atomic E-state index is 0.00957. The molecule has 1 unspecified atom stereocenters. The lowest BCUT2D eigenvalue weighted by molar-refractivity contribution is 0.251. The fourth-order valence-corrected chi connectivity index (χ4v) is 1.84. The van der Waals surface area contributed by atoms with Crippen molar-refractivity contribution >= 4 is 11.7 Å². The van der Waals surface area contributed by atoms with E-state index in [9.17, 15) is 4.79 Å². The molecule has 0 bridgehead atoms. The molecule has 0 saturated carbocycles. The van der Waals surface area contributed by atoms with Crippen LogP contribution in [-0.4, -0.2) is 27.6 Å². The maximum atomic E-state index is 11.7. The average Bonchev–Trinajstić information content (AvgIpc) is 2.97. The summed E-state index contributed by atoms with van der Waals surface area (Å²) in [6.45, 7) is 3.22. The molecule has 2 aromatic rings. The third-order valence-electron chi connectivity index (χ3n) is 3.02. The van der Waals surface area contributed by atoms with Gasteiger partial charge in [-0.05, 0) is 31.0 Å². The van der Waals surface area contributed by atoms with Gasteiger partial charge in [0.2, 0.25) is 0 Å². The number of amides is 2. The number of nitrogens with zero attached hydrogens (tertiary/aromatic N) is 3. The number of carbonyl (C=O) groups excluding carboxylic acids is 1. The third-order valence-corrected chi connectivity index (χ3v) is 3.02. The predicted octanol–water partition coefficient (Wildman–Crippen LogP) is 1.51. The first-order valence-electron chi connectivity index (χ1n) is 6.89. The van der Waals surface area contributed by atoms with E-state index in [-0.39, 0.29) is 12.1 Å². The van der Waals surface area contributed by atoms with Crippen LogP contribution < -0.4 is 16.4 Å². The molecule has 1 aromatic heterocycles. The highest BCUT2D eigenvalue weighted by Crippen LogP contribution is 2.13. The standard InChI is InChI=1S/C14H20N6O/c1-11(15)12-3-5-13(6-4-12)18-14(21)16-7-2-9-20-10-8-17-19-20/h3-6,8,10-11H,2,7,9,15H2,1H3,(H2,16,18,21). The second-order valence-corrected chi connectivity index (χ2v) is 4.81. The number of nitrogens with one attached hydrogen (secondary N) is 2. The minimum atomic E-state index is -0.220. The molecule has 1 heterocycles. The van der Waals surface area contributed by atoms with Gasteiger partial charge in [0.25, 0.3) is 0 Å². The lowest BCUT2D eigenvalue weighted by Crippen LogP contribution is -2.30. The fourth-order valence-electron chi connectivity index (χ4n) is 1.84. The lowest BCUT2D eigenvalue weighted by Gasteiger charge is -2.09. The molecule has 2 rings (SSSR count). The summed E-state index contributed by atoms with van der Waals surface area (Å²) in [5, 5.41) is 13.1. The minimum Gasteiger partial charge on any atom is -0.338 e. The van der Waals surface area contributed by atoms with Crippen molar-refractivity contribution in [1.82, 2.24) is 20.3 Å². The van der Waals surface area contributed by atoms with E-state index in [4.69, 9.17) is 5.73 Å². The van der Waals surface area contributed by atoms with E-state index in [0.717, 1.165) is 24.2 Å².